The van der Waals surface area contributed by atoms with Crippen LogP contribution in [0.3, 0.4) is 0 Å². The minimum Gasteiger partial charge on any atom is -0.356 e. The largest absolute Gasteiger partial charge is 0.356 e. The lowest BCUT2D eigenvalue weighted by Gasteiger charge is -2.34. The average molecular weight is 414 g/mol. The van der Waals surface area contributed by atoms with Gasteiger partial charge < -0.3 is 9.88 Å². The predicted molar refractivity (Wildman–Crippen MR) is 106 cm³/mol. The molecule has 0 radical (unpaired) electrons. The number of carbonyl (C=O) groups is 5. The number of aromatic amines is 1. The first-order valence-electron chi connectivity index (χ1n) is 10.6. The third-order valence-electron chi connectivity index (χ3n) is 6.41. The number of amides is 5. The van der Waals surface area contributed by atoms with Crippen molar-refractivity contribution < 1.29 is 24.0 Å². The molecule has 2 saturated heterocycles. The maximum absolute atomic E-state index is 12.8. The van der Waals surface area contributed by atoms with Crippen LogP contribution >= 0.6 is 0 Å². The first-order valence-corrected chi connectivity index (χ1v) is 10.6. The number of aromatic nitrogens is 1. The number of rotatable bonds is 5. The van der Waals surface area contributed by atoms with Gasteiger partial charge in [-0.2, -0.15) is 0 Å². The van der Waals surface area contributed by atoms with Crippen molar-refractivity contribution in [1.29, 1.82) is 0 Å². The number of likely N-dealkylation sites (tertiary alicyclic amines) is 1. The van der Waals surface area contributed by atoms with Gasteiger partial charge in [0.2, 0.25) is 0 Å². The number of nitrogens with one attached hydrogen (secondary N) is 1. The van der Waals surface area contributed by atoms with Crippen LogP contribution in [0.4, 0.5) is 4.79 Å². The number of urea groups is 1. The highest BCUT2D eigenvalue weighted by molar-refractivity contribution is 6.45. The minimum absolute atomic E-state index is 0.124. The molecule has 9 nitrogen and oxygen atoms in total. The van der Waals surface area contributed by atoms with E-state index in [0.717, 1.165) is 41.9 Å². The van der Waals surface area contributed by atoms with Crippen molar-refractivity contribution in [2.45, 2.75) is 51.5 Å². The van der Waals surface area contributed by atoms with E-state index >= 15 is 0 Å². The molecule has 2 atom stereocenters. The van der Waals surface area contributed by atoms with E-state index in [4.69, 9.17) is 0 Å². The maximum Gasteiger partial charge on any atom is 0.334 e. The molecule has 0 unspecified atom stereocenters. The summed E-state index contributed by atoms with van der Waals surface area (Å²) in [5.74, 6) is -2.37. The lowest BCUT2D eigenvalue weighted by atomic mass is 9.85. The van der Waals surface area contributed by atoms with Gasteiger partial charge in [-0.1, -0.05) is 19.8 Å². The Morgan fingerprint density at radius 1 is 1.03 bits per heavy atom. The van der Waals surface area contributed by atoms with Gasteiger partial charge in [0.05, 0.1) is 6.54 Å². The second-order valence-electron chi connectivity index (χ2n) is 8.40. The van der Waals surface area contributed by atoms with Gasteiger partial charge in [0.15, 0.2) is 5.78 Å². The zero-order chi connectivity index (χ0) is 21.4. The number of Topliss-reactive ketones (excluding diaryl/α,β-unsaturated/α-hetero) is 1. The van der Waals surface area contributed by atoms with Crippen LogP contribution in [0.2, 0.25) is 0 Å². The summed E-state index contributed by atoms with van der Waals surface area (Å²) < 4.78 is 0. The number of hydrogen-bond donors (Lipinski definition) is 1. The van der Waals surface area contributed by atoms with Crippen molar-refractivity contribution in [2.75, 3.05) is 19.6 Å². The summed E-state index contributed by atoms with van der Waals surface area (Å²) >= 11 is 0. The van der Waals surface area contributed by atoms with Crippen LogP contribution in [0.25, 0.3) is 0 Å². The molecule has 30 heavy (non-hydrogen) atoms. The fraction of sp³-hybridized carbons (Fsp3) is 0.571. The van der Waals surface area contributed by atoms with Gasteiger partial charge >= 0.3 is 17.8 Å². The molecule has 2 aliphatic heterocycles. The Bertz CT molecular complexity index is 901. The summed E-state index contributed by atoms with van der Waals surface area (Å²) in [6.07, 6.45) is 6.83. The third-order valence-corrected chi connectivity index (χ3v) is 6.41. The summed E-state index contributed by atoms with van der Waals surface area (Å²) in [7, 11) is 0. The van der Waals surface area contributed by atoms with E-state index in [1.165, 1.54) is 12.3 Å². The highest BCUT2D eigenvalue weighted by Crippen LogP contribution is 2.31. The van der Waals surface area contributed by atoms with Crippen molar-refractivity contribution in [1.82, 2.24) is 19.7 Å². The predicted octanol–water partition coefficient (Wildman–Crippen LogP) is 1.80. The highest BCUT2D eigenvalue weighted by Gasteiger charge is 2.49. The summed E-state index contributed by atoms with van der Waals surface area (Å²) in [6.45, 7) is 2.84. The second kappa shape index (κ2) is 8.04. The monoisotopic (exact) mass is 414 g/mol. The molecular formula is C21H26N4O5. The molecular weight excluding hydrogens is 388 g/mol. The van der Waals surface area contributed by atoms with Gasteiger partial charge in [0.25, 0.3) is 5.91 Å². The first-order chi connectivity index (χ1) is 14.4. The molecule has 5 amide bonds. The molecule has 0 bridgehead atoms. The van der Waals surface area contributed by atoms with Crippen molar-refractivity contribution in [3.63, 3.8) is 0 Å². The molecule has 1 aromatic heterocycles. The fourth-order valence-electron chi connectivity index (χ4n) is 4.64. The molecule has 0 spiro atoms. The molecule has 4 rings (SSSR count). The van der Waals surface area contributed by atoms with Crippen LogP contribution in [0.15, 0.2) is 12.3 Å². The van der Waals surface area contributed by atoms with Crippen molar-refractivity contribution in [2.24, 2.45) is 5.92 Å². The van der Waals surface area contributed by atoms with Crippen LogP contribution < -0.4 is 0 Å². The fourth-order valence-corrected chi connectivity index (χ4v) is 4.64. The van der Waals surface area contributed by atoms with Crippen LogP contribution in [0, 0.1) is 5.92 Å². The zero-order valence-corrected chi connectivity index (χ0v) is 17.1. The summed E-state index contributed by atoms with van der Waals surface area (Å²) in [5.41, 5.74) is 0.503. The van der Waals surface area contributed by atoms with E-state index in [0.29, 0.717) is 25.2 Å². The van der Waals surface area contributed by atoms with E-state index in [9.17, 15) is 24.0 Å². The summed E-state index contributed by atoms with van der Waals surface area (Å²) in [5, 5.41) is 0. The molecule has 1 saturated carbocycles. The summed E-state index contributed by atoms with van der Waals surface area (Å²) in [6, 6.07) is 0.414. The Labute approximate surface area is 174 Å². The molecule has 9 heteroatoms. The topological polar surface area (TPSA) is 111 Å². The zero-order valence-electron chi connectivity index (χ0n) is 17.1. The van der Waals surface area contributed by atoms with Crippen molar-refractivity contribution in [3.8, 4) is 0 Å². The standard InChI is InChI=1S/C21H26N4O5/c1-13-6-2-3-7-16(13)25-20(29)19(28)24(21(25)30)12-17(26)14-10-15(22-11-14)18(27)23-8-4-5-9-23/h10-11,13,16,22H,2-9,12H2,1H3/t13-,16+/m1/s1. The quantitative estimate of drug-likeness (QED) is 0.449. The Hall–Kier alpha value is -2.97. The molecule has 0 aromatic carbocycles. The van der Waals surface area contributed by atoms with E-state index in [1.54, 1.807) is 4.90 Å². The second-order valence-corrected chi connectivity index (χ2v) is 8.40. The molecule has 160 valence electrons. The van der Waals surface area contributed by atoms with E-state index in [2.05, 4.69) is 4.98 Å². The van der Waals surface area contributed by atoms with E-state index in [1.807, 2.05) is 6.92 Å². The van der Waals surface area contributed by atoms with Gasteiger partial charge in [0.1, 0.15) is 5.69 Å². The van der Waals surface area contributed by atoms with Gasteiger partial charge in [-0.25, -0.2) is 9.69 Å². The number of nitrogens with zero attached hydrogens (tertiary/aromatic N) is 3. The molecule has 1 aromatic rings. The smallest absolute Gasteiger partial charge is 0.334 e. The summed E-state index contributed by atoms with van der Waals surface area (Å²) in [4.78, 5) is 69.1. The Morgan fingerprint density at radius 3 is 2.43 bits per heavy atom. The van der Waals surface area contributed by atoms with Gasteiger partial charge in [-0.15, -0.1) is 0 Å². The van der Waals surface area contributed by atoms with Gasteiger partial charge in [-0.05, 0) is 37.7 Å². The lowest BCUT2D eigenvalue weighted by molar-refractivity contribution is -0.144. The van der Waals surface area contributed by atoms with Crippen LogP contribution in [-0.4, -0.2) is 74.9 Å². The number of ketones is 1. The molecule has 1 aliphatic carbocycles. The van der Waals surface area contributed by atoms with E-state index < -0.39 is 30.2 Å². The highest BCUT2D eigenvalue weighted by atomic mass is 16.2. The normalized spacial score (nSPS) is 24.8. The van der Waals surface area contributed by atoms with Gasteiger partial charge in [-0.3, -0.25) is 24.1 Å². The van der Waals surface area contributed by atoms with Crippen LogP contribution in [-0.2, 0) is 9.59 Å². The number of carbonyl (C=O) groups excluding carboxylic acids is 5. The van der Waals surface area contributed by atoms with Gasteiger partial charge in [0, 0.05) is 30.9 Å². The van der Waals surface area contributed by atoms with Crippen LogP contribution in [0.1, 0.15) is 66.3 Å². The maximum atomic E-state index is 12.8. The Morgan fingerprint density at radius 2 is 1.73 bits per heavy atom. The van der Waals surface area contributed by atoms with Crippen LogP contribution in [0.5, 0.6) is 0 Å². The Balaban J connectivity index is 1.45. The SMILES string of the molecule is C[C@@H]1CCCC[C@@H]1N1C(=O)C(=O)N(CC(=O)c2c[nH]c(C(=O)N3CCCC3)c2)C1=O. The molecule has 1 N–H and O–H groups in total. The number of imide groups is 2. The van der Waals surface area contributed by atoms with Crippen molar-refractivity contribution in [3.05, 3.63) is 23.5 Å². The number of H-pyrrole nitrogens is 1. The lowest BCUT2D eigenvalue weighted by Crippen LogP contribution is -2.46. The van der Waals surface area contributed by atoms with Crippen molar-refractivity contribution >= 4 is 29.5 Å². The molecule has 3 heterocycles. The molecule has 3 fully saturated rings. The third kappa shape index (κ3) is 3.53. The average Bonchev–Trinajstić information content (AvgIpc) is 3.47. The first kappa shape index (κ1) is 20.3. The number of hydrogen-bond acceptors (Lipinski definition) is 5. The Kier molecular flexibility index (Phi) is 5.44. The van der Waals surface area contributed by atoms with E-state index in [-0.39, 0.29) is 23.4 Å². The molecule has 3 aliphatic rings. The minimum atomic E-state index is -0.963.